The molecule has 2 heterocycles. The molecular weight excluding hydrogens is 191 g/mol. The molecule has 0 saturated carbocycles. The van der Waals surface area contributed by atoms with Gasteiger partial charge in [0.25, 0.3) is 0 Å². The Kier molecular flexibility index (Phi) is 1.50. The summed E-state index contributed by atoms with van der Waals surface area (Å²) in [5.41, 5.74) is 0. The highest BCUT2D eigenvalue weighted by atomic mass is 31.2. The molecule has 5 heteroatoms. The molecule has 0 atom stereocenters. The molecule has 1 spiro atoms. The first-order chi connectivity index (χ1) is 6.38. The Morgan fingerprint density at radius 3 is 2.00 bits per heavy atom. The molecule has 1 fully saturated rings. The van der Waals surface area contributed by atoms with Gasteiger partial charge in [0.05, 0.1) is 0 Å². The van der Waals surface area contributed by atoms with Crippen molar-refractivity contribution in [3.8, 4) is 11.5 Å². The van der Waals surface area contributed by atoms with Crippen LogP contribution in [0.15, 0.2) is 24.3 Å². The van der Waals surface area contributed by atoms with Crippen LogP contribution in [-0.2, 0) is 9.05 Å². The third-order valence-electron chi connectivity index (χ3n) is 1.85. The molecule has 0 aliphatic carbocycles. The third-order valence-corrected chi connectivity index (χ3v) is 3.69. The molecule has 0 bridgehead atoms. The summed E-state index contributed by atoms with van der Waals surface area (Å²) in [6.45, 7) is 1.09. The quantitative estimate of drug-likeness (QED) is 0.600. The largest absolute Gasteiger partial charge is 0.669 e. The van der Waals surface area contributed by atoms with Gasteiger partial charge in [0.2, 0.25) is 11.5 Å². The van der Waals surface area contributed by atoms with E-state index in [1.54, 1.807) is 0 Å². The van der Waals surface area contributed by atoms with Gasteiger partial charge in [-0.05, 0) is 12.1 Å². The van der Waals surface area contributed by atoms with Crippen molar-refractivity contribution in [2.45, 2.75) is 0 Å². The average molecular weight is 199 g/mol. The van der Waals surface area contributed by atoms with Gasteiger partial charge in [-0.3, -0.25) is 0 Å². The van der Waals surface area contributed by atoms with E-state index in [0.29, 0.717) is 24.7 Å². The van der Waals surface area contributed by atoms with Crippen LogP contribution in [-0.4, -0.2) is 13.2 Å². The minimum Gasteiger partial charge on any atom is -0.250 e. The maximum Gasteiger partial charge on any atom is 0.669 e. The summed E-state index contributed by atoms with van der Waals surface area (Å²) in [4.78, 5) is 0. The van der Waals surface area contributed by atoms with Crippen molar-refractivity contribution < 1.29 is 18.1 Å². The topological polar surface area (TPSA) is 36.9 Å². The fourth-order valence-corrected chi connectivity index (χ4v) is 3.00. The fourth-order valence-electron chi connectivity index (χ4n) is 1.30. The fraction of sp³-hybridized carbons (Fsp3) is 0.250. The standard InChI is InChI=1S/C8H8O4P/c1-2-4-8-7(3-1)11-13(12-8)9-5-6-10-13/h1-4H,5-6H2/q+1. The molecule has 1 saturated heterocycles. The molecule has 2 aliphatic heterocycles. The van der Waals surface area contributed by atoms with Gasteiger partial charge in [-0.2, -0.15) is 0 Å². The van der Waals surface area contributed by atoms with Crippen molar-refractivity contribution in [2.24, 2.45) is 0 Å². The predicted octanol–water partition coefficient (Wildman–Crippen LogP) is 2.18. The van der Waals surface area contributed by atoms with Gasteiger partial charge in [-0.25, -0.2) is 9.05 Å². The van der Waals surface area contributed by atoms with Crippen molar-refractivity contribution >= 4 is 8.17 Å². The Hall–Kier alpha value is -0.830. The molecule has 4 nitrogen and oxygen atoms in total. The monoisotopic (exact) mass is 199 g/mol. The zero-order valence-electron chi connectivity index (χ0n) is 6.80. The van der Waals surface area contributed by atoms with Gasteiger partial charge < -0.3 is 0 Å². The number of rotatable bonds is 0. The van der Waals surface area contributed by atoms with Gasteiger partial charge in [0.15, 0.2) is 0 Å². The Morgan fingerprint density at radius 2 is 1.46 bits per heavy atom. The predicted molar refractivity (Wildman–Crippen MR) is 46.5 cm³/mol. The van der Waals surface area contributed by atoms with Crippen molar-refractivity contribution in [1.82, 2.24) is 0 Å². The van der Waals surface area contributed by atoms with Crippen molar-refractivity contribution in [3.63, 3.8) is 0 Å². The van der Waals surface area contributed by atoms with Gasteiger partial charge in [-0.15, -0.1) is 9.05 Å². The summed E-state index contributed by atoms with van der Waals surface area (Å²) < 4.78 is 21.7. The maximum absolute atomic E-state index is 5.50. The van der Waals surface area contributed by atoms with E-state index < -0.39 is 8.17 Å². The van der Waals surface area contributed by atoms with E-state index in [0.717, 1.165) is 0 Å². The molecular formula is C8H8O4P+. The molecule has 1 aromatic carbocycles. The zero-order chi connectivity index (χ0) is 8.73. The van der Waals surface area contributed by atoms with E-state index in [1.165, 1.54) is 0 Å². The molecule has 1 aromatic rings. The second-order valence-corrected chi connectivity index (χ2v) is 4.52. The Labute approximate surface area is 76.0 Å². The minimum atomic E-state index is -2.48. The van der Waals surface area contributed by atoms with Crippen LogP contribution >= 0.6 is 8.17 Å². The van der Waals surface area contributed by atoms with Crippen LogP contribution < -0.4 is 9.05 Å². The van der Waals surface area contributed by atoms with Gasteiger partial charge in [0.1, 0.15) is 13.2 Å². The van der Waals surface area contributed by atoms with Crippen LogP contribution in [0.25, 0.3) is 0 Å². The Morgan fingerprint density at radius 1 is 0.923 bits per heavy atom. The molecule has 2 aliphatic rings. The summed E-state index contributed by atoms with van der Waals surface area (Å²) in [7, 11) is -2.48. The van der Waals surface area contributed by atoms with Crippen LogP contribution in [0.3, 0.4) is 0 Å². The molecule has 0 radical (unpaired) electrons. The van der Waals surface area contributed by atoms with Gasteiger partial charge >= 0.3 is 8.17 Å². The van der Waals surface area contributed by atoms with Crippen LogP contribution in [0.2, 0.25) is 0 Å². The summed E-state index contributed by atoms with van der Waals surface area (Å²) in [6.07, 6.45) is 0. The summed E-state index contributed by atoms with van der Waals surface area (Å²) in [5, 5.41) is 0. The lowest BCUT2D eigenvalue weighted by molar-refractivity contribution is 0.263. The van der Waals surface area contributed by atoms with E-state index in [9.17, 15) is 0 Å². The second kappa shape index (κ2) is 2.58. The molecule has 0 amide bonds. The first-order valence-corrected chi connectivity index (χ1v) is 5.50. The number of benzene rings is 1. The molecule has 0 N–H and O–H groups in total. The highest BCUT2D eigenvalue weighted by molar-refractivity contribution is 7.57. The van der Waals surface area contributed by atoms with Gasteiger partial charge in [0, 0.05) is 0 Å². The highest BCUT2D eigenvalue weighted by Gasteiger charge is 2.61. The van der Waals surface area contributed by atoms with E-state index in [2.05, 4.69) is 0 Å². The van der Waals surface area contributed by atoms with Crippen molar-refractivity contribution in [1.29, 1.82) is 0 Å². The first-order valence-electron chi connectivity index (χ1n) is 4.04. The van der Waals surface area contributed by atoms with E-state index in [4.69, 9.17) is 18.1 Å². The molecule has 0 unspecified atom stereocenters. The normalized spacial score (nSPS) is 22.5. The Bertz CT molecular complexity index is 308. The smallest absolute Gasteiger partial charge is 0.250 e. The summed E-state index contributed by atoms with van der Waals surface area (Å²) in [6, 6.07) is 7.46. The summed E-state index contributed by atoms with van der Waals surface area (Å²) >= 11 is 0. The molecule has 3 rings (SSSR count). The third kappa shape index (κ3) is 1.10. The van der Waals surface area contributed by atoms with E-state index >= 15 is 0 Å². The van der Waals surface area contributed by atoms with Crippen LogP contribution in [0, 0.1) is 0 Å². The van der Waals surface area contributed by atoms with E-state index in [1.807, 2.05) is 24.3 Å². The van der Waals surface area contributed by atoms with Crippen LogP contribution in [0.4, 0.5) is 0 Å². The average Bonchev–Trinajstić information content (AvgIpc) is 2.72. The maximum atomic E-state index is 5.50. The first kappa shape index (κ1) is 7.56. The SMILES string of the molecule is c1ccc2c(c1)O[P+]1(OCCO1)O2. The molecule has 13 heavy (non-hydrogen) atoms. The lowest BCUT2D eigenvalue weighted by Crippen LogP contribution is -2.00. The second-order valence-electron chi connectivity index (χ2n) is 2.74. The summed E-state index contributed by atoms with van der Waals surface area (Å²) in [5.74, 6) is 1.41. The van der Waals surface area contributed by atoms with Crippen molar-refractivity contribution in [2.75, 3.05) is 13.2 Å². The van der Waals surface area contributed by atoms with Gasteiger partial charge in [-0.1, -0.05) is 12.1 Å². The lowest BCUT2D eigenvalue weighted by Gasteiger charge is -2.02. The number of hydrogen-bond donors (Lipinski definition) is 0. The number of para-hydroxylation sites is 2. The minimum absolute atomic E-state index is 0.543. The number of hydrogen-bond acceptors (Lipinski definition) is 4. The highest BCUT2D eigenvalue weighted by Crippen LogP contribution is 2.70. The molecule has 68 valence electrons. The lowest BCUT2D eigenvalue weighted by atomic mass is 10.3. The molecule has 0 aromatic heterocycles. The van der Waals surface area contributed by atoms with Crippen LogP contribution in [0.1, 0.15) is 0 Å². The zero-order valence-corrected chi connectivity index (χ0v) is 7.70. The van der Waals surface area contributed by atoms with Crippen molar-refractivity contribution in [3.05, 3.63) is 24.3 Å². The van der Waals surface area contributed by atoms with Crippen LogP contribution in [0.5, 0.6) is 11.5 Å². The number of fused-ring (bicyclic) bond motifs is 1. The van der Waals surface area contributed by atoms with E-state index in [-0.39, 0.29) is 0 Å². The Balaban J connectivity index is 1.96.